The quantitative estimate of drug-likeness (QED) is 0.525. The van der Waals surface area contributed by atoms with Crippen molar-refractivity contribution < 1.29 is 18.6 Å². The van der Waals surface area contributed by atoms with E-state index in [-0.39, 0.29) is 16.9 Å². The van der Waals surface area contributed by atoms with E-state index < -0.39 is 0 Å². The molecule has 0 N–H and O–H groups in total. The van der Waals surface area contributed by atoms with Gasteiger partial charge in [0.05, 0.1) is 7.11 Å². The molecule has 154 valence electrons. The van der Waals surface area contributed by atoms with E-state index in [4.69, 9.17) is 18.6 Å². The summed E-state index contributed by atoms with van der Waals surface area (Å²) in [5.41, 5.74) is 1.86. The fraction of sp³-hybridized carbons (Fsp3) is 0.440. The zero-order chi connectivity index (χ0) is 20.8. The van der Waals surface area contributed by atoms with E-state index in [0.29, 0.717) is 6.61 Å². The van der Waals surface area contributed by atoms with E-state index in [1.165, 1.54) is 5.56 Å². The summed E-state index contributed by atoms with van der Waals surface area (Å²) >= 11 is 0. The molecule has 1 aliphatic rings. The first-order valence-electron chi connectivity index (χ1n) is 10.2. The Hall–Kier alpha value is -2.62. The molecule has 0 fully saturated rings. The summed E-state index contributed by atoms with van der Waals surface area (Å²) in [4.78, 5) is 0. The van der Waals surface area contributed by atoms with Gasteiger partial charge in [0.1, 0.15) is 29.8 Å². The third kappa shape index (κ3) is 3.81. The molecule has 0 saturated carbocycles. The molecule has 4 nitrogen and oxygen atoms in total. The number of benzene rings is 2. The van der Waals surface area contributed by atoms with Crippen LogP contribution in [-0.4, -0.2) is 19.8 Å². The fourth-order valence-electron chi connectivity index (χ4n) is 3.99. The number of para-hydroxylation sites is 1. The first-order valence-corrected chi connectivity index (χ1v) is 10.2. The molecule has 0 amide bonds. The Morgan fingerprint density at radius 3 is 2.55 bits per heavy atom. The number of methoxy groups -OCH3 is 1. The van der Waals surface area contributed by atoms with Gasteiger partial charge in [0.15, 0.2) is 11.5 Å². The predicted octanol–water partition coefficient (Wildman–Crippen LogP) is 6.25. The normalized spacial score (nSPS) is 16.8. The lowest BCUT2D eigenvalue weighted by Crippen LogP contribution is -2.36. The lowest BCUT2D eigenvalue weighted by molar-refractivity contribution is 0.0657. The largest absolute Gasteiger partial charge is 0.497 e. The molecule has 0 saturated heterocycles. The Morgan fingerprint density at radius 1 is 1.03 bits per heavy atom. The molecular formula is C25H30O4. The van der Waals surface area contributed by atoms with Gasteiger partial charge in [0, 0.05) is 16.4 Å². The minimum Gasteiger partial charge on any atom is -0.497 e. The zero-order valence-corrected chi connectivity index (χ0v) is 18.2. The average Bonchev–Trinajstić information content (AvgIpc) is 3.10. The van der Waals surface area contributed by atoms with E-state index in [2.05, 4.69) is 46.8 Å². The SMILES string of the molecule is COc1ccc2oc(C(C)(C)CC3COc4c(cccc4C(C)(C)C)O3)cc2c1. The Kier molecular flexibility index (Phi) is 4.76. The van der Waals surface area contributed by atoms with Crippen molar-refractivity contribution in [2.24, 2.45) is 0 Å². The monoisotopic (exact) mass is 394 g/mol. The Balaban J connectivity index is 1.55. The Morgan fingerprint density at radius 2 is 1.83 bits per heavy atom. The van der Waals surface area contributed by atoms with Crippen molar-refractivity contribution in [3.8, 4) is 17.2 Å². The van der Waals surface area contributed by atoms with Crippen molar-refractivity contribution in [1.82, 2.24) is 0 Å². The van der Waals surface area contributed by atoms with Gasteiger partial charge in [-0.05, 0) is 42.2 Å². The maximum absolute atomic E-state index is 6.35. The Labute approximate surface area is 172 Å². The van der Waals surface area contributed by atoms with Crippen LogP contribution >= 0.6 is 0 Å². The van der Waals surface area contributed by atoms with E-state index >= 15 is 0 Å². The van der Waals surface area contributed by atoms with Gasteiger partial charge in [0.25, 0.3) is 0 Å². The molecule has 3 aromatic rings. The zero-order valence-electron chi connectivity index (χ0n) is 18.2. The van der Waals surface area contributed by atoms with E-state index in [9.17, 15) is 0 Å². The van der Waals surface area contributed by atoms with Crippen molar-refractivity contribution in [3.63, 3.8) is 0 Å². The smallest absolute Gasteiger partial charge is 0.165 e. The van der Waals surface area contributed by atoms with Crippen LogP contribution in [-0.2, 0) is 10.8 Å². The van der Waals surface area contributed by atoms with Gasteiger partial charge in [0.2, 0.25) is 0 Å². The fourth-order valence-corrected chi connectivity index (χ4v) is 3.99. The maximum Gasteiger partial charge on any atom is 0.165 e. The molecule has 1 unspecified atom stereocenters. The summed E-state index contributed by atoms with van der Waals surface area (Å²) in [6.07, 6.45) is 0.763. The van der Waals surface area contributed by atoms with Crippen LogP contribution in [0.1, 0.15) is 52.4 Å². The van der Waals surface area contributed by atoms with Gasteiger partial charge in [-0.3, -0.25) is 0 Å². The molecule has 0 bridgehead atoms. The second-order valence-corrected chi connectivity index (χ2v) is 9.54. The molecule has 0 radical (unpaired) electrons. The van der Waals surface area contributed by atoms with Crippen LogP contribution in [0.15, 0.2) is 46.9 Å². The van der Waals surface area contributed by atoms with Crippen LogP contribution < -0.4 is 14.2 Å². The van der Waals surface area contributed by atoms with Crippen molar-refractivity contribution in [2.75, 3.05) is 13.7 Å². The number of hydrogen-bond donors (Lipinski definition) is 0. The molecule has 2 heterocycles. The van der Waals surface area contributed by atoms with Gasteiger partial charge >= 0.3 is 0 Å². The molecule has 2 aromatic carbocycles. The third-order valence-corrected chi connectivity index (χ3v) is 5.62. The van der Waals surface area contributed by atoms with Crippen molar-refractivity contribution in [3.05, 3.63) is 53.8 Å². The molecular weight excluding hydrogens is 364 g/mol. The lowest BCUT2D eigenvalue weighted by atomic mass is 9.83. The highest BCUT2D eigenvalue weighted by Crippen LogP contribution is 2.43. The third-order valence-electron chi connectivity index (χ3n) is 5.62. The predicted molar refractivity (Wildman–Crippen MR) is 115 cm³/mol. The highest BCUT2D eigenvalue weighted by molar-refractivity contribution is 5.79. The summed E-state index contributed by atoms with van der Waals surface area (Å²) in [6.45, 7) is 11.5. The molecule has 1 atom stereocenters. The Bertz CT molecular complexity index is 1020. The second-order valence-electron chi connectivity index (χ2n) is 9.54. The minimum absolute atomic E-state index is 0.0101. The first kappa shape index (κ1) is 19.7. The highest BCUT2D eigenvalue weighted by Gasteiger charge is 2.34. The van der Waals surface area contributed by atoms with Crippen molar-refractivity contribution in [1.29, 1.82) is 0 Å². The molecule has 0 spiro atoms. The standard InChI is InChI=1S/C25H30O4/c1-24(2,3)19-8-7-9-21-23(19)27-15-18(28-21)14-25(4,5)22-13-16-12-17(26-6)10-11-20(16)29-22/h7-13,18H,14-15H2,1-6H3. The van der Waals surface area contributed by atoms with Crippen LogP contribution in [0.5, 0.6) is 17.2 Å². The van der Waals surface area contributed by atoms with Gasteiger partial charge < -0.3 is 18.6 Å². The van der Waals surface area contributed by atoms with Crippen molar-refractivity contribution in [2.45, 2.75) is 58.0 Å². The number of fused-ring (bicyclic) bond motifs is 2. The second kappa shape index (κ2) is 7.01. The van der Waals surface area contributed by atoms with Crippen LogP contribution in [0.3, 0.4) is 0 Å². The first-order chi connectivity index (χ1) is 13.7. The van der Waals surface area contributed by atoms with E-state index in [1.807, 2.05) is 30.3 Å². The topological polar surface area (TPSA) is 40.8 Å². The summed E-state index contributed by atoms with van der Waals surface area (Å²) in [5.74, 6) is 3.49. The molecule has 4 heteroatoms. The molecule has 1 aromatic heterocycles. The number of rotatable bonds is 4. The van der Waals surface area contributed by atoms with Gasteiger partial charge in [-0.2, -0.15) is 0 Å². The van der Waals surface area contributed by atoms with E-state index in [1.54, 1.807) is 7.11 Å². The summed E-state index contributed by atoms with van der Waals surface area (Å²) in [7, 11) is 1.68. The van der Waals surface area contributed by atoms with Crippen LogP contribution in [0.4, 0.5) is 0 Å². The molecule has 29 heavy (non-hydrogen) atoms. The van der Waals surface area contributed by atoms with Gasteiger partial charge in [-0.25, -0.2) is 0 Å². The van der Waals surface area contributed by atoms with Gasteiger partial charge in [-0.15, -0.1) is 0 Å². The maximum atomic E-state index is 6.35. The highest BCUT2D eigenvalue weighted by atomic mass is 16.6. The molecule has 4 rings (SSSR count). The lowest BCUT2D eigenvalue weighted by Gasteiger charge is -2.34. The number of hydrogen-bond acceptors (Lipinski definition) is 4. The minimum atomic E-state index is -0.195. The van der Waals surface area contributed by atoms with Crippen LogP contribution in [0, 0.1) is 0 Å². The van der Waals surface area contributed by atoms with Gasteiger partial charge in [-0.1, -0.05) is 46.8 Å². The van der Waals surface area contributed by atoms with Crippen LogP contribution in [0.25, 0.3) is 11.0 Å². The molecule has 1 aliphatic heterocycles. The van der Waals surface area contributed by atoms with Crippen molar-refractivity contribution >= 4 is 11.0 Å². The average molecular weight is 395 g/mol. The summed E-state index contributed by atoms with van der Waals surface area (Å²) in [5, 5.41) is 1.05. The van der Waals surface area contributed by atoms with E-state index in [0.717, 1.165) is 40.4 Å². The molecule has 0 aliphatic carbocycles. The number of furan rings is 1. The number of ether oxygens (including phenoxy) is 3. The summed E-state index contributed by atoms with van der Waals surface area (Å²) < 4.78 is 24.0. The summed E-state index contributed by atoms with van der Waals surface area (Å²) in [6, 6.07) is 14.1. The van der Waals surface area contributed by atoms with Crippen LogP contribution in [0.2, 0.25) is 0 Å².